The van der Waals surface area contributed by atoms with Crippen LogP contribution >= 0.6 is 0 Å². The number of carbonyl (C=O) groups excluding carboxylic acids is 1. The summed E-state index contributed by atoms with van der Waals surface area (Å²) in [6, 6.07) is 0.185. The number of amides is 1. The van der Waals surface area contributed by atoms with E-state index in [1.54, 1.807) is 0 Å². The van der Waals surface area contributed by atoms with Crippen LogP contribution in [0, 0.1) is 17.8 Å². The number of piperidine rings is 1. The lowest BCUT2D eigenvalue weighted by Crippen LogP contribution is -2.50. The maximum atomic E-state index is 12.4. The van der Waals surface area contributed by atoms with Crippen molar-refractivity contribution in [3.8, 4) is 0 Å². The van der Waals surface area contributed by atoms with Gasteiger partial charge in [0.25, 0.3) is 0 Å². The van der Waals surface area contributed by atoms with Gasteiger partial charge in [-0.05, 0) is 43.9 Å². The Morgan fingerprint density at radius 3 is 2.29 bits per heavy atom. The fourth-order valence-corrected chi connectivity index (χ4v) is 3.34. The first-order valence-electron chi connectivity index (χ1n) is 7.10. The predicted molar refractivity (Wildman–Crippen MR) is 69.5 cm³/mol. The molecule has 3 nitrogen and oxygen atoms in total. The molecule has 0 radical (unpaired) electrons. The van der Waals surface area contributed by atoms with Gasteiger partial charge >= 0.3 is 0 Å². The highest BCUT2D eigenvalue weighted by Gasteiger charge is 2.31. The molecule has 3 heteroatoms. The number of hydrogen-bond donors (Lipinski definition) is 1. The summed E-state index contributed by atoms with van der Waals surface area (Å²) in [6.45, 7) is 6.18. The fourth-order valence-electron chi connectivity index (χ4n) is 3.34. The second-order valence-electron chi connectivity index (χ2n) is 6.30. The molecular weight excluding hydrogens is 212 g/mol. The van der Waals surface area contributed by atoms with Crippen LogP contribution in [0.4, 0.5) is 0 Å². The summed E-state index contributed by atoms with van der Waals surface area (Å²) in [5.41, 5.74) is 6.01. The Labute approximate surface area is 105 Å². The van der Waals surface area contributed by atoms with Gasteiger partial charge in [-0.2, -0.15) is 0 Å². The lowest BCUT2D eigenvalue weighted by molar-refractivity contribution is -0.138. The highest BCUT2D eigenvalue weighted by molar-refractivity contribution is 5.79. The quantitative estimate of drug-likeness (QED) is 0.759. The van der Waals surface area contributed by atoms with E-state index >= 15 is 0 Å². The summed E-state index contributed by atoms with van der Waals surface area (Å²) in [7, 11) is 0. The average Bonchev–Trinajstić information content (AvgIpc) is 2.28. The second-order valence-corrected chi connectivity index (χ2v) is 6.30. The number of carbonyl (C=O) groups is 1. The summed E-state index contributed by atoms with van der Waals surface area (Å²) < 4.78 is 0. The maximum absolute atomic E-state index is 12.4. The van der Waals surface area contributed by atoms with Gasteiger partial charge in [0.2, 0.25) is 5.91 Å². The molecule has 2 aliphatic rings. The Morgan fingerprint density at radius 2 is 1.71 bits per heavy atom. The molecule has 0 aromatic heterocycles. The zero-order valence-corrected chi connectivity index (χ0v) is 11.2. The third-order valence-corrected chi connectivity index (χ3v) is 4.37. The molecule has 0 aromatic carbocycles. The molecule has 0 aromatic rings. The second kappa shape index (κ2) is 5.38. The summed E-state index contributed by atoms with van der Waals surface area (Å²) in [6.07, 6.45) is 5.66. The van der Waals surface area contributed by atoms with Crippen molar-refractivity contribution in [3.63, 3.8) is 0 Å². The highest BCUT2D eigenvalue weighted by atomic mass is 16.2. The van der Waals surface area contributed by atoms with Crippen LogP contribution < -0.4 is 5.73 Å². The minimum atomic E-state index is 0.185. The van der Waals surface area contributed by atoms with Crippen LogP contribution in [-0.2, 0) is 4.79 Å². The molecule has 1 amide bonds. The molecule has 1 saturated carbocycles. The normalized spacial score (nSPS) is 39.1. The molecule has 1 aliphatic heterocycles. The number of nitrogens with zero attached hydrogens (tertiary/aromatic N) is 1. The van der Waals surface area contributed by atoms with Crippen molar-refractivity contribution in [1.82, 2.24) is 4.90 Å². The Hall–Kier alpha value is -0.570. The lowest BCUT2D eigenvalue weighted by atomic mass is 9.82. The van der Waals surface area contributed by atoms with E-state index in [2.05, 4.69) is 13.8 Å². The average molecular weight is 238 g/mol. The van der Waals surface area contributed by atoms with Gasteiger partial charge in [-0.1, -0.05) is 13.8 Å². The third kappa shape index (κ3) is 3.21. The van der Waals surface area contributed by atoms with Crippen LogP contribution in [0.2, 0.25) is 0 Å². The SMILES string of the molecule is CC1CCC(C(=O)N2CC(C)CC(N)C2)CC1. The molecule has 0 spiro atoms. The molecule has 98 valence electrons. The number of hydrogen-bond acceptors (Lipinski definition) is 2. The van der Waals surface area contributed by atoms with Crippen LogP contribution in [0.15, 0.2) is 0 Å². The maximum Gasteiger partial charge on any atom is 0.225 e. The first-order valence-corrected chi connectivity index (χ1v) is 7.10. The van der Waals surface area contributed by atoms with Crippen molar-refractivity contribution in [2.75, 3.05) is 13.1 Å². The fraction of sp³-hybridized carbons (Fsp3) is 0.929. The third-order valence-electron chi connectivity index (χ3n) is 4.37. The van der Waals surface area contributed by atoms with Gasteiger partial charge in [0, 0.05) is 25.0 Å². The van der Waals surface area contributed by atoms with Gasteiger partial charge < -0.3 is 10.6 Å². The topological polar surface area (TPSA) is 46.3 Å². The predicted octanol–water partition coefficient (Wildman–Crippen LogP) is 2.01. The minimum Gasteiger partial charge on any atom is -0.341 e. The molecule has 1 saturated heterocycles. The van der Waals surface area contributed by atoms with Crippen molar-refractivity contribution in [2.45, 2.75) is 52.0 Å². The van der Waals surface area contributed by atoms with E-state index in [4.69, 9.17) is 5.73 Å². The Kier molecular flexibility index (Phi) is 4.08. The number of rotatable bonds is 1. The highest BCUT2D eigenvalue weighted by Crippen LogP contribution is 2.30. The standard InChI is InChI=1S/C14H26N2O/c1-10-3-5-12(6-4-10)14(17)16-8-11(2)7-13(15)9-16/h10-13H,3-9,15H2,1-2H3. The van der Waals surface area contributed by atoms with E-state index in [0.717, 1.165) is 38.3 Å². The molecule has 2 fully saturated rings. The van der Waals surface area contributed by atoms with E-state index in [1.807, 2.05) is 4.90 Å². The molecule has 0 bridgehead atoms. The summed E-state index contributed by atoms with van der Waals surface area (Å²) >= 11 is 0. The molecule has 2 rings (SSSR count). The molecule has 1 heterocycles. The van der Waals surface area contributed by atoms with Crippen LogP contribution in [0.5, 0.6) is 0 Å². The van der Waals surface area contributed by atoms with E-state index in [-0.39, 0.29) is 12.0 Å². The summed E-state index contributed by atoms with van der Waals surface area (Å²) in [5, 5.41) is 0. The summed E-state index contributed by atoms with van der Waals surface area (Å²) in [5.74, 6) is 2.02. The first kappa shape index (κ1) is 12.9. The van der Waals surface area contributed by atoms with E-state index in [9.17, 15) is 4.79 Å². The van der Waals surface area contributed by atoms with E-state index in [0.29, 0.717) is 11.8 Å². The number of likely N-dealkylation sites (tertiary alicyclic amines) is 1. The zero-order chi connectivity index (χ0) is 12.4. The van der Waals surface area contributed by atoms with Gasteiger partial charge in [0.15, 0.2) is 0 Å². The largest absolute Gasteiger partial charge is 0.341 e. The van der Waals surface area contributed by atoms with E-state index in [1.165, 1.54) is 12.8 Å². The van der Waals surface area contributed by atoms with Crippen LogP contribution in [0.1, 0.15) is 46.0 Å². The van der Waals surface area contributed by atoms with Gasteiger partial charge in [-0.3, -0.25) is 4.79 Å². The monoisotopic (exact) mass is 238 g/mol. The van der Waals surface area contributed by atoms with Crippen molar-refractivity contribution in [2.24, 2.45) is 23.5 Å². The number of nitrogens with two attached hydrogens (primary N) is 1. The Morgan fingerprint density at radius 1 is 1.06 bits per heavy atom. The smallest absolute Gasteiger partial charge is 0.225 e. The van der Waals surface area contributed by atoms with E-state index < -0.39 is 0 Å². The molecule has 2 atom stereocenters. The molecule has 2 unspecified atom stereocenters. The van der Waals surface area contributed by atoms with Crippen molar-refractivity contribution in [3.05, 3.63) is 0 Å². The Bertz CT molecular complexity index is 261. The molecule has 1 aliphatic carbocycles. The van der Waals surface area contributed by atoms with Crippen molar-refractivity contribution in [1.29, 1.82) is 0 Å². The van der Waals surface area contributed by atoms with Crippen LogP contribution in [0.3, 0.4) is 0 Å². The van der Waals surface area contributed by atoms with Crippen LogP contribution in [0.25, 0.3) is 0 Å². The van der Waals surface area contributed by atoms with Gasteiger partial charge in [0.1, 0.15) is 0 Å². The van der Waals surface area contributed by atoms with Crippen molar-refractivity contribution >= 4 is 5.91 Å². The molecule has 2 N–H and O–H groups in total. The summed E-state index contributed by atoms with van der Waals surface area (Å²) in [4.78, 5) is 14.4. The zero-order valence-electron chi connectivity index (χ0n) is 11.2. The first-order chi connectivity index (χ1) is 8.06. The van der Waals surface area contributed by atoms with Gasteiger partial charge in [-0.25, -0.2) is 0 Å². The minimum absolute atomic E-state index is 0.185. The Balaban J connectivity index is 1.90. The van der Waals surface area contributed by atoms with Crippen molar-refractivity contribution < 1.29 is 4.79 Å². The molecular formula is C14H26N2O. The van der Waals surface area contributed by atoms with Gasteiger partial charge in [0.05, 0.1) is 0 Å². The lowest BCUT2D eigenvalue weighted by Gasteiger charge is -2.38. The molecule has 17 heavy (non-hydrogen) atoms. The van der Waals surface area contributed by atoms with Crippen LogP contribution in [-0.4, -0.2) is 29.9 Å². The van der Waals surface area contributed by atoms with Gasteiger partial charge in [-0.15, -0.1) is 0 Å².